The third-order valence-corrected chi connectivity index (χ3v) is 5.59. The van der Waals surface area contributed by atoms with Gasteiger partial charge in [-0.2, -0.15) is 0 Å². The van der Waals surface area contributed by atoms with Crippen molar-refractivity contribution in [2.45, 2.75) is 50.6 Å². The molecule has 1 heterocycles. The predicted octanol–water partition coefficient (Wildman–Crippen LogP) is 4.17. The van der Waals surface area contributed by atoms with Crippen molar-refractivity contribution < 1.29 is 0 Å². The van der Waals surface area contributed by atoms with Gasteiger partial charge in [0.2, 0.25) is 0 Å². The normalized spacial score (nSPS) is 27.7. The fourth-order valence-corrected chi connectivity index (χ4v) is 4.07. The molecule has 4 nitrogen and oxygen atoms in total. The quantitative estimate of drug-likeness (QED) is 0.668. The molecule has 1 saturated carbocycles. The summed E-state index contributed by atoms with van der Waals surface area (Å²) >= 11 is 0. The van der Waals surface area contributed by atoms with E-state index in [0.717, 1.165) is 61.6 Å². The molecule has 0 radical (unpaired) electrons. The van der Waals surface area contributed by atoms with Gasteiger partial charge in [-0.05, 0) is 50.0 Å². The molecule has 0 spiro atoms. The lowest BCUT2D eigenvalue weighted by Gasteiger charge is -2.32. The highest BCUT2D eigenvalue weighted by Gasteiger charge is 2.26. The van der Waals surface area contributed by atoms with E-state index in [1.165, 1.54) is 12.8 Å². The SMILES string of the molecule is C1=CC=C2NCCCCN=C3C=CC=CC=C3N[C@H]3CCCC[C@@H]3N=C2C=C1. The highest BCUT2D eigenvalue weighted by atomic mass is 15.0. The molecule has 2 N–H and O–H groups in total. The van der Waals surface area contributed by atoms with Crippen molar-refractivity contribution in [3.63, 3.8) is 0 Å². The van der Waals surface area contributed by atoms with Crippen LogP contribution in [-0.4, -0.2) is 36.6 Å². The summed E-state index contributed by atoms with van der Waals surface area (Å²) in [6, 6.07) is 0.615. The van der Waals surface area contributed by atoms with E-state index in [-0.39, 0.29) is 6.04 Å². The van der Waals surface area contributed by atoms with Crippen molar-refractivity contribution in [3.8, 4) is 0 Å². The summed E-state index contributed by atoms with van der Waals surface area (Å²) in [6.45, 7) is 1.80. The van der Waals surface area contributed by atoms with Crippen LogP contribution in [0.5, 0.6) is 0 Å². The molecule has 1 aliphatic heterocycles. The number of fused-ring (bicyclic) bond motifs is 3. The van der Waals surface area contributed by atoms with Crippen molar-refractivity contribution in [3.05, 3.63) is 72.2 Å². The second-order valence-corrected chi connectivity index (χ2v) is 7.67. The third-order valence-electron chi connectivity index (χ3n) is 5.59. The molecule has 0 saturated heterocycles. The maximum Gasteiger partial charge on any atom is 0.0810 e. The van der Waals surface area contributed by atoms with Crippen LogP contribution in [-0.2, 0) is 0 Å². The number of hydrogen-bond acceptors (Lipinski definition) is 4. The van der Waals surface area contributed by atoms with Crippen LogP contribution < -0.4 is 10.6 Å². The maximum atomic E-state index is 5.22. The molecular weight excluding hydrogens is 344 g/mol. The van der Waals surface area contributed by atoms with Crippen LogP contribution >= 0.6 is 0 Å². The first-order valence-corrected chi connectivity index (χ1v) is 10.6. The molecule has 0 aromatic carbocycles. The van der Waals surface area contributed by atoms with Crippen LogP contribution in [0.25, 0.3) is 0 Å². The van der Waals surface area contributed by atoms with Gasteiger partial charge >= 0.3 is 0 Å². The zero-order valence-corrected chi connectivity index (χ0v) is 16.5. The second kappa shape index (κ2) is 9.54. The summed E-state index contributed by atoms with van der Waals surface area (Å²) in [5, 5.41) is 7.41. The minimum atomic E-state index is 0.276. The average molecular weight is 375 g/mol. The minimum Gasteiger partial charge on any atom is -0.383 e. The van der Waals surface area contributed by atoms with E-state index in [1.54, 1.807) is 0 Å². The summed E-state index contributed by atoms with van der Waals surface area (Å²) in [5.74, 6) is 0. The Morgan fingerprint density at radius 2 is 1.54 bits per heavy atom. The van der Waals surface area contributed by atoms with Gasteiger partial charge in [0.25, 0.3) is 0 Å². The van der Waals surface area contributed by atoms with Gasteiger partial charge in [0.1, 0.15) is 0 Å². The van der Waals surface area contributed by atoms with E-state index >= 15 is 0 Å². The van der Waals surface area contributed by atoms with Crippen LogP contribution in [0.4, 0.5) is 0 Å². The van der Waals surface area contributed by atoms with E-state index in [0.29, 0.717) is 6.04 Å². The Morgan fingerprint density at radius 1 is 0.750 bits per heavy atom. The Morgan fingerprint density at radius 3 is 2.43 bits per heavy atom. The van der Waals surface area contributed by atoms with Crippen LogP contribution in [0.3, 0.4) is 0 Å². The summed E-state index contributed by atoms with van der Waals surface area (Å²) in [6.07, 6.45) is 28.0. The van der Waals surface area contributed by atoms with E-state index in [2.05, 4.69) is 71.4 Å². The fraction of sp³-hybridized carbons (Fsp3) is 0.417. The van der Waals surface area contributed by atoms with Gasteiger partial charge in [-0.1, -0.05) is 49.3 Å². The van der Waals surface area contributed by atoms with Crippen molar-refractivity contribution >= 4 is 11.4 Å². The average Bonchev–Trinajstić information content (AvgIpc) is 3.07. The Hall–Kier alpha value is -2.62. The Bertz CT molecular complexity index is 804. The molecule has 28 heavy (non-hydrogen) atoms. The van der Waals surface area contributed by atoms with Gasteiger partial charge in [-0.25, -0.2) is 0 Å². The van der Waals surface area contributed by atoms with Gasteiger partial charge in [-0.15, -0.1) is 0 Å². The number of hydrogen-bond donors (Lipinski definition) is 2. The van der Waals surface area contributed by atoms with Gasteiger partial charge in [-0.3, -0.25) is 9.98 Å². The van der Waals surface area contributed by atoms with Gasteiger partial charge in [0.15, 0.2) is 0 Å². The van der Waals surface area contributed by atoms with E-state index in [4.69, 9.17) is 9.98 Å². The molecule has 146 valence electrons. The second-order valence-electron chi connectivity index (χ2n) is 7.67. The zero-order chi connectivity index (χ0) is 19.0. The smallest absolute Gasteiger partial charge is 0.0810 e. The first kappa shape index (κ1) is 18.7. The van der Waals surface area contributed by atoms with Crippen molar-refractivity contribution in [1.82, 2.24) is 10.6 Å². The lowest BCUT2D eigenvalue weighted by molar-refractivity contribution is 0.351. The maximum absolute atomic E-state index is 5.22. The third kappa shape index (κ3) is 4.80. The number of rotatable bonds is 0. The highest BCUT2D eigenvalue weighted by Crippen LogP contribution is 2.24. The van der Waals surface area contributed by atoms with Gasteiger partial charge < -0.3 is 10.6 Å². The van der Waals surface area contributed by atoms with Crippen molar-refractivity contribution in [2.75, 3.05) is 13.1 Å². The molecule has 0 aromatic heterocycles. The van der Waals surface area contributed by atoms with E-state index in [1.807, 2.05) is 0 Å². The molecule has 0 bridgehead atoms. The molecule has 0 aromatic rings. The Labute approximate surface area is 168 Å². The van der Waals surface area contributed by atoms with Gasteiger partial charge in [0.05, 0.1) is 28.9 Å². The zero-order valence-electron chi connectivity index (χ0n) is 16.5. The molecule has 4 rings (SSSR count). The summed E-state index contributed by atoms with van der Waals surface area (Å²) in [5.41, 5.74) is 4.40. The summed E-state index contributed by atoms with van der Waals surface area (Å²) in [7, 11) is 0. The Balaban J connectivity index is 1.66. The fourth-order valence-electron chi connectivity index (χ4n) is 4.07. The molecule has 4 heteroatoms. The molecule has 3 aliphatic carbocycles. The number of nitrogens with one attached hydrogen (secondary N) is 2. The van der Waals surface area contributed by atoms with Crippen molar-refractivity contribution in [1.29, 1.82) is 0 Å². The summed E-state index contributed by atoms with van der Waals surface area (Å²) < 4.78 is 0. The molecule has 0 unspecified atom stereocenters. The van der Waals surface area contributed by atoms with Gasteiger partial charge in [0, 0.05) is 19.1 Å². The van der Waals surface area contributed by atoms with Crippen LogP contribution in [0.2, 0.25) is 0 Å². The first-order chi connectivity index (χ1) is 13.9. The lowest BCUT2D eigenvalue weighted by Crippen LogP contribution is -2.42. The molecule has 0 amide bonds. The lowest BCUT2D eigenvalue weighted by atomic mass is 9.90. The number of nitrogens with zero attached hydrogens (tertiary/aromatic N) is 2. The van der Waals surface area contributed by atoms with Crippen LogP contribution in [0, 0.1) is 0 Å². The monoisotopic (exact) mass is 374 g/mol. The van der Waals surface area contributed by atoms with E-state index < -0.39 is 0 Å². The predicted molar refractivity (Wildman–Crippen MR) is 119 cm³/mol. The van der Waals surface area contributed by atoms with Crippen molar-refractivity contribution in [2.24, 2.45) is 9.98 Å². The number of allylic oxidation sites excluding steroid dienone is 10. The van der Waals surface area contributed by atoms with Crippen LogP contribution in [0.1, 0.15) is 38.5 Å². The topological polar surface area (TPSA) is 48.8 Å². The molecular formula is C24H30N4. The molecule has 2 atom stereocenters. The number of aliphatic imine (C=N–C) groups is 2. The van der Waals surface area contributed by atoms with E-state index in [9.17, 15) is 0 Å². The Kier molecular flexibility index (Phi) is 6.38. The largest absolute Gasteiger partial charge is 0.383 e. The first-order valence-electron chi connectivity index (χ1n) is 10.6. The van der Waals surface area contributed by atoms with Crippen LogP contribution in [0.15, 0.2) is 82.1 Å². The standard InChI is InChI=1S/C24H30N4/c1-3-11-19-21(13-5-1)27-23-15-7-8-16-24(23)28-22-14-6-2-4-12-20(22)26-18-10-9-17-25-19/h1-6,11-14,23-25,28H,7-10,15-18H2/t23-,24-/m0/s1. The highest BCUT2D eigenvalue weighted by molar-refractivity contribution is 6.09. The minimum absolute atomic E-state index is 0.276. The summed E-state index contributed by atoms with van der Waals surface area (Å²) in [4.78, 5) is 10.1. The molecule has 1 fully saturated rings. The molecule has 4 aliphatic rings.